The van der Waals surface area contributed by atoms with Crippen molar-refractivity contribution in [3.63, 3.8) is 0 Å². The van der Waals surface area contributed by atoms with Gasteiger partial charge < -0.3 is 40.7 Å². The Hall–Kier alpha value is -4.23. The minimum atomic E-state index is -0.924. The third-order valence-corrected chi connectivity index (χ3v) is 10.2. The molecule has 4 amide bonds. The minimum Gasteiger partial charge on any atom is -0.402 e. The lowest BCUT2D eigenvalue weighted by Gasteiger charge is -2.36. The number of amides is 4. The fourth-order valence-electron chi connectivity index (χ4n) is 6.20. The van der Waals surface area contributed by atoms with Crippen LogP contribution in [0.4, 0.5) is 0 Å². The summed E-state index contributed by atoms with van der Waals surface area (Å²) >= 11 is 0. The molecule has 2 aliphatic rings. The van der Waals surface area contributed by atoms with Crippen LogP contribution < -0.4 is 22.1 Å². The van der Waals surface area contributed by atoms with Crippen LogP contribution in [-0.2, 0) is 34.6 Å². The second-order valence-electron chi connectivity index (χ2n) is 14.9. The monoisotopic (exact) mass is 684 g/mol. The summed E-state index contributed by atoms with van der Waals surface area (Å²) in [6.45, 7) is 13.3. The molecule has 0 aliphatic carbocycles. The molecule has 50 heavy (non-hydrogen) atoms. The summed E-state index contributed by atoms with van der Waals surface area (Å²) < 4.78 is 25.0. The van der Waals surface area contributed by atoms with Crippen LogP contribution in [0, 0.1) is 0 Å². The molecule has 2 heterocycles. The topological polar surface area (TPSA) is 181 Å². The third-order valence-electron chi connectivity index (χ3n) is 10.2. The zero-order valence-electron chi connectivity index (χ0n) is 29.7. The van der Waals surface area contributed by atoms with Crippen LogP contribution in [-0.4, -0.2) is 72.2 Å². The van der Waals surface area contributed by atoms with Crippen LogP contribution in [0.1, 0.15) is 87.6 Å². The number of carbonyl (C=O) groups excluding carboxylic acids is 4. The maximum Gasteiger partial charge on any atom is 0.482 e. The van der Waals surface area contributed by atoms with E-state index in [1.165, 1.54) is 0 Å². The van der Waals surface area contributed by atoms with Crippen LogP contribution in [0.3, 0.4) is 0 Å². The highest BCUT2D eigenvalue weighted by molar-refractivity contribution is 6.49. The van der Waals surface area contributed by atoms with Gasteiger partial charge in [0.25, 0.3) is 11.8 Å². The van der Waals surface area contributed by atoms with Crippen molar-refractivity contribution in [3.8, 4) is 0 Å². The Morgan fingerprint density at radius 3 is 1.66 bits per heavy atom. The molecular formula is C36H46B2N4O8. The third kappa shape index (κ3) is 7.88. The number of nitrogens with one attached hydrogen (secondary N) is 2. The first kappa shape index (κ1) is 37.0. The summed E-state index contributed by atoms with van der Waals surface area (Å²) in [6, 6.07) is 19.9. The summed E-state index contributed by atoms with van der Waals surface area (Å²) in [4.78, 5) is 50.3. The normalized spacial score (nSPS) is 21.8. The Balaban J connectivity index is 1.30. The maximum atomic E-state index is 13.4. The van der Waals surface area contributed by atoms with E-state index >= 15 is 0 Å². The largest absolute Gasteiger partial charge is 0.482 e. The van der Waals surface area contributed by atoms with Crippen LogP contribution in [0.5, 0.6) is 0 Å². The van der Waals surface area contributed by atoms with Crippen molar-refractivity contribution in [2.24, 2.45) is 11.5 Å². The highest BCUT2D eigenvalue weighted by Gasteiger charge is 2.57. The molecule has 2 fully saturated rings. The fraction of sp³-hybridized carbons (Fsp3) is 0.444. The zero-order valence-corrected chi connectivity index (χ0v) is 29.7. The Bertz CT molecular complexity index is 1770. The predicted octanol–water partition coefficient (Wildman–Crippen LogP) is 3.27. The minimum absolute atomic E-state index is 0.149. The van der Waals surface area contributed by atoms with Crippen molar-refractivity contribution in [1.29, 1.82) is 0 Å². The van der Waals surface area contributed by atoms with Crippen molar-refractivity contribution in [2.75, 3.05) is 0 Å². The van der Waals surface area contributed by atoms with Crippen LogP contribution in [0.2, 0.25) is 0 Å². The lowest BCUT2D eigenvalue weighted by atomic mass is 9.76. The number of nitrogens with two attached hydrogens (primary N) is 2. The van der Waals surface area contributed by atoms with Gasteiger partial charge in [-0.15, -0.1) is 0 Å². The summed E-state index contributed by atoms with van der Waals surface area (Å²) in [5, 5.41) is 7.49. The van der Waals surface area contributed by atoms with Crippen molar-refractivity contribution < 1.29 is 37.8 Å². The second-order valence-corrected chi connectivity index (χ2v) is 14.9. The van der Waals surface area contributed by atoms with Gasteiger partial charge in [-0.05, 0) is 89.1 Å². The van der Waals surface area contributed by atoms with Gasteiger partial charge in [-0.1, -0.05) is 42.5 Å². The van der Waals surface area contributed by atoms with E-state index in [0.29, 0.717) is 17.5 Å². The molecule has 264 valence electrons. The molecule has 0 saturated carbocycles. The number of hydrogen-bond donors (Lipinski definition) is 4. The van der Waals surface area contributed by atoms with E-state index in [-0.39, 0.29) is 18.7 Å². The van der Waals surface area contributed by atoms with Gasteiger partial charge >= 0.3 is 14.2 Å². The van der Waals surface area contributed by atoms with Gasteiger partial charge in [0.1, 0.15) is 0 Å². The van der Waals surface area contributed by atoms with E-state index in [1.807, 2.05) is 78.8 Å². The summed E-state index contributed by atoms with van der Waals surface area (Å²) in [5.74, 6) is -3.53. The maximum absolute atomic E-state index is 13.4. The standard InChI is InChI=1S/C36H46B2N4O8/c1-33(2)34(3,4)48-37(47-33)27(19-29(39)43)42-32(46)26-16-15-24-17-22(13-14-25(24)18-26)21-36(7)35(5,6)49-38(50-36)28(20-30(40)44)41-31(45)23-11-9-8-10-12-23/h8-18,27-28H,19-21H2,1-7H3,(H2,39,43)(H2,40,44)(H,41,45)(H,42,46)/t27-,28-,36?/m0/s1. The SMILES string of the molecule is CC1(C)OB([C@H](CC(N)=O)NC(=O)c2ccc3cc(CC4(C)OB([C@H](CC(N)=O)NC(=O)c5ccccc5)OC4(C)C)ccc3c2)OC1(C)C. The molecule has 6 N–H and O–H groups in total. The number of fused-ring (bicyclic) bond motifs is 1. The van der Waals surface area contributed by atoms with Gasteiger partial charge in [-0.2, -0.15) is 0 Å². The number of rotatable bonds is 12. The Morgan fingerprint density at radius 2 is 1.10 bits per heavy atom. The molecule has 0 spiro atoms. The van der Waals surface area contributed by atoms with E-state index in [2.05, 4.69) is 10.6 Å². The van der Waals surface area contributed by atoms with Gasteiger partial charge in [-0.25, -0.2) is 0 Å². The molecule has 14 heteroatoms. The van der Waals surface area contributed by atoms with E-state index in [9.17, 15) is 19.2 Å². The van der Waals surface area contributed by atoms with Crippen molar-refractivity contribution in [3.05, 3.63) is 83.4 Å². The first-order chi connectivity index (χ1) is 23.3. The molecule has 0 aromatic heterocycles. The van der Waals surface area contributed by atoms with E-state index in [1.54, 1.807) is 36.4 Å². The molecule has 12 nitrogen and oxygen atoms in total. The first-order valence-electron chi connectivity index (χ1n) is 16.8. The first-order valence-corrected chi connectivity index (χ1v) is 16.8. The van der Waals surface area contributed by atoms with Crippen molar-refractivity contribution in [2.45, 2.75) is 102 Å². The molecule has 3 aromatic carbocycles. The summed E-state index contributed by atoms with van der Waals surface area (Å²) in [6.07, 6.45) is 0.138. The smallest absolute Gasteiger partial charge is 0.402 e. The predicted molar refractivity (Wildman–Crippen MR) is 191 cm³/mol. The molecule has 3 aromatic rings. The zero-order chi connectivity index (χ0) is 36.6. The highest BCUT2D eigenvalue weighted by atomic mass is 16.7. The number of carbonyl (C=O) groups is 4. The lowest BCUT2D eigenvalue weighted by molar-refractivity contribution is -0.119. The number of benzene rings is 3. The molecule has 3 atom stereocenters. The molecule has 0 bridgehead atoms. The van der Waals surface area contributed by atoms with Gasteiger partial charge in [0.05, 0.1) is 34.3 Å². The van der Waals surface area contributed by atoms with Crippen molar-refractivity contribution >= 4 is 48.6 Å². The van der Waals surface area contributed by atoms with Gasteiger partial charge in [-0.3, -0.25) is 19.2 Å². The number of hydrogen-bond acceptors (Lipinski definition) is 8. The van der Waals surface area contributed by atoms with Gasteiger partial charge in [0.15, 0.2) is 0 Å². The van der Waals surface area contributed by atoms with Gasteiger partial charge in [0, 0.05) is 30.4 Å². The summed E-state index contributed by atoms with van der Waals surface area (Å²) in [7, 11) is -1.77. The molecular weight excluding hydrogens is 638 g/mol. The van der Waals surface area contributed by atoms with E-state index in [0.717, 1.165) is 16.3 Å². The molecule has 0 radical (unpaired) electrons. The van der Waals surface area contributed by atoms with Crippen molar-refractivity contribution in [1.82, 2.24) is 10.6 Å². The van der Waals surface area contributed by atoms with E-state index < -0.39 is 66.2 Å². The summed E-state index contributed by atoms with van der Waals surface area (Å²) in [5.41, 5.74) is 9.91. The molecule has 2 saturated heterocycles. The number of primary amides is 2. The van der Waals surface area contributed by atoms with Crippen LogP contribution in [0.15, 0.2) is 66.7 Å². The molecule has 1 unspecified atom stereocenters. The molecule has 5 rings (SSSR count). The van der Waals surface area contributed by atoms with Gasteiger partial charge in [0.2, 0.25) is 11.8 Å². The fourth-order valence-corrected chi connectivity index (χ4v) is 6.20. The Kier molecular flexibility index (Phi) is 10.2. The van der Waals surface area contributed by atoms with Crippen LogP contribution >= 0.6 is 0 Å². The molecule has 2 aliphatic heterocycles. The average Bonchev–Trinajstić information content (AvgIpc) is 3.40. The van der Waals surface area contributed by atoms with Crippen LogP contribution in [0.25, 0.3) is 10.8 Å². The quantitative estimate of drug-likeness (QED) is 0.210. The van der Waals surface area contributed by atoms with E-state index in [4.69, 9.17) is 30.1 Å². The average molecular weight is 684 g/mol. The Labute approximate surface area is 293 Å². The highest BCUT2D eigenvalue weighted by Crippen LogP contribution is 2.41. The lowest BCUT2D eigenvalue weighted by Crippen LogP contribution is -2.50. The second kappa shape index (κ2) is 13.8. The Morgan fingerprint density at radius 1 is 0.620 bits per heavy atom.